The lowest BCUT2D eigenvalue weighted by molar-refractivity contribution is 0.102. The zero-order valence-electron chi connectivity index (χ0n) is 14.3. The molecule has 5 nitrogen and oxygen atoms in total. The molecule has 0 atom stereocenters. The van der Waals surface area contributed by atoms with Crippen LogP contribution in [0.1, 0.15) is 15.9 Å². The minimum Gasteiger partial charge on any atom is -0.333 e. The van der Waals surface area contributed by atoms with E-state index < -0.39 is 11.7 Å². The maximum absolute atomic E-state index is 13.3. The van der Waals surface area contributed by atoms with Gasteiger partial charge in [-0.25, -0.2) is 4.39 Å². The molecule has 0 saturated heterocycles. The van der Waals surface area contributed by atoms with Crippen LogP contribution < -0.4 is 5.32 Å². The number of aromatic nitrogens is 2. The maximum Gasteiger partial charge on any atom is 0.270 e. The van der Waals surface area contributed by atoms with Crippen molar-refractivity contribution in [1.29, 1.82) is 0 Å². The first-order chi connectivity index (χ1) is 13.1. The fourth-order valence-corrected chi connectivity index (χ4v) is 3.38. The van der Waals surface area contributed by atoms with Crippen LogP contribution in [0.3, 0.4) is 0 Å². The van der Waals surface area contributed by atoms with Gasteiger partial charge in [-0.15, -0.1) is 11.3 Å². The van der Waals surface area contributed by atoms with Crippen LogP contribution in [0.15, 0.2) is 64.5 Å². The summed E-state index contributed by atoms with van der Waals surface area (Å²) < 4.78 is 18.7. The average Bonchev–Trinajstić information content (AvgIpc) is 3.31. The number of amides is 1. The summed E-state index contributed by atoms with van der Waals surface area (Å²) in [6, 6.07) is 15.0. The second-order valence-electron chi connectivity index (χ2n) is 5.92. The molecule has 0 unspecified atom stereocenters. The first-order valence-corrected chi connectivity index (χ1v) is 9.03. The zero-order valence-corrected chi connectivity index (χ0v) is 15.1. The lowest BCUT2D eigenvalue weighted by Gasteiger charge is -2.04. The minimum absolute atomic E-state index is 0.234. The maximum atomic E-state index is 13.3. The van der Waals surface area contributed by atoms with Gasteiger partial charge in [0, 0.05) is 11.1 Å². The second-order valence-corrected chi connectivity index (χ2v) is 6.84. The van der Waals surface area contributed by atoms with Crippen molar-refractivity contribution in [2.75, 3.05) is 5.32 Å². The quantitative estimate of drug-likeness (QED) is 0.531. The topological polar surface area (TPSA) is 68.0 Å². The number of benzene rings is 2. The van der Waals surface area contributed by atoms with Gasteiger partial charge in [0.2, 0.25) is 5.82 Å². The lowest BCUT2D eigenvalue weighted by Crippen LogP contribution is -2.12. The molecule has 0 spiro atoms. The third-order valence-corrected chi connectivity index (χ3v) is 4.80. The van der Waals surface area contributed by atoms with E-state index in [-0.39, 0.29) is 5.56 Å². The van der Waals surface area contributed by atoms with Gasteiger partial charge in [0.15, 0.2) is 0 Å². The molecule has 27 heavy (non-hydrogen) atoms. The van der Waals surface area contributed by atoms with Crippen LogP contribution >= 0.6 is 11.3 Å². The Balaban J connectivity index is 1.60. The van der Waals surface area contributed by atoms with Crippen LogP contribution in [0, 0.1) is 12.7 Å². The van der Waals surface area contributed by atoms with Crippen LogP contribution in [-0.2, 0) is 0 Å². The number of carbonyl (C=O) groups excluding carboxylic acids is 1. The monoisotopic (exact) mass is 379 g/mol. The smallest absolute Gasteiger partial charge is 0.270 e. The van der Waals surface area contributed by atoms with Crippen molar-refractivity contribution >= 4 is 22.9 Å². The summed E-state index contributed by atoms with van der Waals surface area (Å²) >= 11 is 1.37. The van der Waals surface area contributed by atoms with E-state index in [4.69, 9.17) is 4.52 Å². The van der Waals surface area contributed by atoms with Crippen LogP contribution in [0.25, 0.3) is 22.2 Å². The molecule has 2 aromatic carbocycles. The number of nitrogens with zero attached hydrogens (tertiary/aromatic N) is 2. The van der Waals surface area contributed by atoms with E-state index in [9.17, 15) is 9.18 Å². The molecule has 0 bridgehead atoms. The number of hydrogen-bond acceptors (Lipinski definition) is 5. The van der Waals surface area contributed by atoms with Crippen molar-refractivity contribution in [3.8, 4) is 22.2 Å². The molecule has 0 radical (unpaired) electrons. The number of rotatable bonds is 4. The summed E-state index contributed by atoms with van der Waals surface area (Å²) in [6.45, 7) is 1.99. The highest BCUT2D eigenvalue weighted by Gasteiger charge is 2.18. The van der Waals surface area contributed by atoms with Gasteiger partial charge in [-0.3, -0.25) is 4.79 Å². The molecule has 2 heterocycles. The first kappa shape index (κ1) is 17.1. The standard InChI is InChI=1S/C20H14FN3O2S/c1-12-4-2-5-13(10-12)18-23-20(26-24-18)17-16(8-9-27-17)22-19(25)14-6-3-7-15(21)11-14/h2-11H,1H3,(H,22,25). The van der Waals surface area contributed by atoms with Crippen molar-refractivity contribution in [3.05, 3.63) is 76.9 Å². The number of aryl methyl sites for hydroxylation is 1. The second kappa shape index (κ2) is 7.13. The fraction of sp³-hybridized carbons (Fsp3) is 0.0500. The first-order valence-electron chi connectivity index (χ1n) is 8.16. The molecule has 0 fully saturated rings. The summed E-state index contributed by atoms with van der Waals surface area (Å²) in [4.78, 5) is 17.5. The number of carbonyl (C=O) groups is 1. The molecule has 0 saturated carbocycles. The van der Waals surface area contributed by atoms with Gasteiger partial charge in [0.1, 0.15) is 10.7 Å². The van der Waals surface area contributed by atoms with Crippen molar-refractivity contribution in [2.45, 2.75) is 6.92 Å². The fourth-order valence-electron chi connectivity index (χ4n) is 2.61. The number of thiophene rings is 1. The molecule has 1 amide bonds. The van der Waals surface area contributed by atoms with Gasteiger partial charge in [0.25, 0.3) is 11.8 Å². The molecular weight excluding hydrogens is 365 g/mol. The number of hydrogen-bond donors (Lipinski definition) is 1. The Hall–Kier alpha value is -3.32. The SMILES string of the molecule is Cc1cccc(-c2noc(-c3sccc3NC(=O)c3cccc(F)c3)n2)c1. The van der Waals surface area contributed by atoms with E-state index in [0.717, 1.165) is 11.1 Å². The number of halogens is 1. The van der Waals surface area contributed by atoms with Crippen molar-refractivity contribution in [1.82, 2.24) is 10.1 Å². The number of anilines is 1. The Morgan fingerprint density at radius 1 is 1.15 bits per heavy atom. The van der Waals surface area contributed by atoms with Crippen molar-refractivity contribution < 1.29 is 13.7 Å². The summed E-state index contributed by atoms with van der Waals surface area (Å²) in [5.74, 6) is -0.0824. The summed E-state index contributed by atoms with van der Waals surface area (Å²) in [5.41, 5.74) is 2.72. The summed E-state index contributed by atoms with van der Waals surface area (Å²) in [7, 11) is 0. The van der Waals surface area contributed by atoms with E-state index in [0.29, 0.717) is 22.3 Å². The van der Waals surface area contributed by atoms with Gasteiger partial charge in [-0.1, -0.05) is 35.0 Å². The van der Waals surface area contributed by atoms with Gasteiger partial charge in [-0.05, 0) is 42.6 Å². The van der Waals surface area contributed by atoms with E-state index in [1.165, 1.54) is 29.5 Å². The van der Waals surface area contributed by atoms with Crippen LogP contribution in [0.2, 0.25) is 0 Å². The third-order valence-electron chi connectivity index (χ3n) is 3.90. The molecule has 0 aliphatic rings. The molecule has 2 aromatic heterocycles. The zero-order chi connectivity index (χ0) is 18.8. The molecule has 7 heteroatoms. The van der Waals surface area contributed by atoms with E-state index in [1.54, 1.807) is 12.1 Å². The molecule has 1 N–H and O–H groups in total. The molecule has 0 aliphatic heterocycles. The number of nitrogens with one attached hydrogen (secondary N) is 1. The van der Waals surface area contributed by atoms with Gasteiger partial charge < -0.3 is 9.84 Å². The molecule has 134 valence electrons. The Kier molecular flexibility index (Phi) is 4.52. The van der Waals surface area contributed by atoms with Crippen LogP contribution in [0.5, 0.6) is 0 Å². The minimum atomic E-state index is -0.465. The highest BCUT2D eigenvalue weighted by Crippen LogP contribution is 2.34. The van der Waals surface area contributed by atoms with E-state index in [1.807, 2.05) is 36.6 Å². The van der Waals surface area contributed by atoms with Crippen molar-refractivity contribution in [3.63, 3.8) is 0 Å². The van der Waals surface area contributed by atoms with Gasteiger partial charge in [0.05, 0.1) is 5.69 Å². The lowest BCUT2D eigenvalue weighted by atomic mass is 10.1. The third kappa shape index (κ3) is 3.63. The molecule has 4 rings (SSSR count). The van der Waals surface area contributed by atoms with Crippen LogP contribution in [0.4, 0.5) is 10.1 Å². The average molecular weight is 379 g/mol. The highest BCUT2D eigenvalue weighted by atomic mass is 32.1. The molecule has 0 aliphatic carbocycles. The Morgan fingerprint density at radius 2 is 2.00 bits per heavy atom. The van der Waals surface area contributed by atoms with Gasteiger partial charge >= 0.3 is 0 Å². The van der Waals surface area contributed by atoms with E-state index in [2.05, 4.69) is 15.5 Å². The summed E-state index contributed by atoms with van der Waals surface area (Å²) in [6.07, 6.45) is 0. The Bertz CT molecular complexity index is 1120. The molecular formula is C20H14FN3O2S. The van der Waals surface area contributed by atoms with E-state index >= 15 is 0 Å². The Labute approximate surface area is 158 Å². The van der Waals surface area contributed by atoms with Gasteiger partial charge in [-0.2, -0.15) is 4.98 Å². The molecule has 4 aromatic rings. The van der Waals surface area contributed by atoms with Crippen molar-refractivity contribution in [2.24, 2.45) is 0 Å². The predicted molar refractivity (Wildman–Crippen MR) is 102 cm³/mol. The Morgan fingerprint density at radius 3 is 2.81 bits per heavy atom. The largest absolute Gasteiger partial charge is 0.333 e. The van der Waals surface area contributed by atoms with Crippen LogP contribution in [-0.4, -0.2) is 16.0 Å². The summed E-state index contributed by atoms with van der Waals surface area (Å²) in [5, 5.41) is 8.61. The highest BCUT2D eigenvalue weighted by molar-refractivity contribution is 7.14. The normalized spacial score (nSPS) is 10.7. The predicted octanol–water partition coefficient (Wildman–Crippen LogP) is 5.16.